The van der Waals surface area contributed by atoms with E-state index in [4.69, 9.17) is 0 Å². The molecule has 1 unspecified atom stereocenters. The predicted octanol–water partition coefficient (Wildman–Crippen LogP) is 5.82. The number of amides is 1. The van der Waals surface area contributed by atoms with Gasteiger partial charge in [-0.15, -0.1) is 0 Å². The van der Waals surface area contributed by atoms with Gasteiger partial charge in [0.05, 0.1) is 0 Å². The van der Waals surface area contributed by atoms with Gasteiger partial charge in [-0.3, -0.25) is 4.79 Å². The number of piperidine rings is 1. The molecular weight excluding hydrogens is 362 g/mol. The molecule has 0 N–H and O–H groups in total. The van der Waals surface area contributed by atoms with Crippen molar-refractivity contribution in [3.8, 4) is 0 Å². The third kappa shape index (κ3) is 2.76. The molecule has 3 aromatic carbocycles. The number of nitrogens with zero attached hydrogens (tertiary/aromatic N) is 1. The average Bonchev–Trinajstić information content (AvgIpc) is 2.71. The molecule has 0 bridgehead atoms. The smallest absolute Gasteiger partial charge is 0.222 e. The molecule has 2 nitrogen and oxygen atoms in total. The summed E-state index contributed by atoms with van der Waals surface area (Å²) in [6.07, 6.45) is 3.74. The van der Waals surface area contributed by atoms with Crippen LogP contribution in [-0.4, -0.2) is 23.9 Å². The molecule has 1 fully saturated rings. The van der Waals surface area contributed by atoms with Crippen molar-refractivity contribution in [2.45, 2.75) is 53.9 Å². The highest BCUT2D eigenvalue weighted by Crippen LogP contribution is 2.46. The molecule has 1 saturated heterocycles. The molecule has 1 aliphatic carbocycles. The summed E-state index contributed by atoms with van der Waals surface area (Å²) in [4.78, 5) is 16.8. The molecule has 1 heterocycles. The molecule has 0 spiro atoms. The fraction of sp³-hybridized carbons (Fsp3) is 0.320. The normalized spacial score (nSPS) is 24.1. The molecule has 3 aromatic rings. The Hall–Kier alpha value is -2.26. The summed E-state index contributed by atoms with van der Waals surface area (Å²) in [5, 5.41) is 2.60. The third-order valence-electron chi connectivity index (χ3n) is 6.81. The average molecular weight is 388 g/mol. The number of carbonyl (C=O) groups excluding carboxylic acids is 1. The minimum atomic E-state index is 0.0822. The van der Waals surface area contributed by atoms with E-state index in [0.29, 0.717) is 18.4 Å². The number of rotatable bonds is 2. The van der Waals surface area contributed by atoms with Gasteiger partial charge >= 0.3 is 0 Å². The molecular formula is C25H25NOS. The van der Waals surface area contributed by atoms with Crippen LogP contribution in [-0.2, 0) is 16.6 Å². The number of likely N-dealkylation sites (tertiary alicyclic amines) is 1. The van der Waals surface area contributed by atoms with Crippen LogP contribution >= 0.6 is 11.8 Å². The Morgan fingerprint density at radius 3 is 2.75 bits per heavy atom. The summed E-state index contributed by atoms with van der Waals surface area (Å²) in [6, 6.07) is 22.4. The zero-order valence-corrected chi connectivity index (χ0v) is 17.3. The van der Waals surface area contributed by atoms with Crippen LogP contribution in [0.5, 0.6) is 0 Å². The predicted molar refractivity (Wildman–Crippen MR) is 116 cm³/mol. The first-order valence-corrected chi connectivity index (χ1v) is 10.9. The Morgan fingerprint density at radius 1 is 1.04 bits per heavy atom. The van der Waals surface area contributed by atoms with Crippen LogP contribution in [0.25, 0.3) is 10.8 Å². The Morgan fingerprint density at radius 2 is 1.86 bits per heavy atom. The van der Waals surface area contributed by atoms with Crippen LogP contribution in [0.15, 0.2) is 70.5 Å². The van der Waals surface area contributed by atoms with Gasteiger partial charge < -0.3 is 4.90 Å². The zero-order valence-electron chi connectivity index (χ0n) is 16.4. The fourth-order valence-corrected chi connectivity index (χ4v) is 6.27. The quantitative estimate of drug-likeness (QED) is 0.552. The summed E-state index contributed by atoms with van der Waals surface area (Å²) in [5.74, 6) is 0.300. The van der Waals surface area contributed by atoms with Gasteiger partial charge in [0.25, 0.3) is 0 Å². The number of hydrogen-bond acceptors (Lipinski definition) is 2. The maximum Gasteiger partial charge on any atom is 0.222 e. The molecule has 2 aliphatic rings. The standard InChI is InChI=1S/C25H25NOS/c1-25-15-14-24(27)26(2)23(25)13-10-18-16-19(11-12-21(18)25)28-22-9-5-7-17-6-3-4-8-20(17)22/h3-9,11-12,16,23H,10,13-15H2,1-2H3/t23?,25-/m1/s1. The summed E-state index contributed by atoms with van der Waals surface area (Å²) in [6.45, 7) is 2.36. The molecule has 0 saturated carbocycles. The molecule has 1 aliphatic heterocycles. The fourth-order valence-electron chi connectivity index (χ4n) is 5.24. The summed E-state index contributed by atoms with van der Waals surface area (Å²) >= 11 is 1.85. The van der Waals surface area contributed by atoms with Crippen LogP contribution in [0.1, 0.15) is 37.3 Å². The maximum atomic E-state index is 12.2. The second-order valence-electron chi connectivity index (χ2n) is 8.37. The van der Waals surface area contributed by atoms with Crippen LogP contribution in [0.4, 0.5) is 0 Å². The monoisotopic (exact) mass is 387 g/mol. The van der Waals surface area contributed by atoms with Crippen LogP contribution in [0.2, 0.25) is 0 Å². The van der Waals surface area contributed by atoms with Gasteiger partial charge in [0, 0.05) is 34.7 Å². The van der Waals surface area contributed by atoms with Crippen LogP contribution in [0.3, 0.4) is 0 Å². The first kappa shape index (κ1) is 17.8. The lowest BCUT2D eigenvalue weighted by Gasteiger charge is -2.50. The van der Waals surface area contributed by atoms with Crippen molar-refractivity contribution >= 4 is 28.4 Å². The third-order valence-corrected chi connectivity index (χ3v) is 7.88. The van der Waals surface area contributed by atoms with Crippen molar-refractivity contribution in [2.24, 2.45) is 0 Å². The summed E-state index contributed by atoms with van der Waals surface area (Å²) in [5.41, 5.74) is 3.00. The Bertz CT molecular complexity index is 1070. The molecule has 2 atom stereocenters. The lowest BCUT2D eigenvalue weighted by Crippen LogP contribution is -2.56. The topological polar surface area (TPSA) is 20.3 Å². The van der Waals surface area contributed by atoms with Gasteiger partial charge in [-0.1, -0.05) is 61.2 Å². The second-order valence-corrected chi connectivity index (χ2v) is 9.49. The molecule has 28 heavy (non-hydrogen) atoms. The number of aryl methyl sites for hydroxylation is 1. The molecule has 142 valence electrons. The molecule has 3 heteroatoms. The molecule has 0 radical (unpaired) electrons. The minimum Gasteiger partial charge on any atom is -0.342 e. The van der Waals surface area contributed by atoms with E-state index in [0.717, 1.165) is 19.3 Å². The first-order valence-electron chi connectivity index (χ1n) is 10.1. The van der Waals surface area contributed by atoms with Gasteiger partial charge in [0.15, 0.2) is 0 Å². The van der Waals surface area contributed by atoms with E-state index >= 15 is 0 Å². The molecule has 1 amide bonds. The van der Waals surface area contributed by atoms with Crippen molar-refractivity contribution in [1.82, 2.24) is 4.90 Å². The maximum absolute atomic E-state index is 12.2. The van der Waals surface area contributed by atoms with Crippen molar-refractivity contribution in [3.63, 3.8) is 0 Å². The van der Waals surface area contributed by atoms with Gasteiger partial charge in [-0.25, -0.2) is 0 Å². The summed E-state index contributed by atoms with van der Waals surface area (Å²) < 4.78 is 0. The molecule has 0 aromatic heterocycles. The number of likely N-dealkylation sites (N-methyl/N-ethyl adjacent to an activating group) is 1. The van der Waals surface area contributed by atoms with Gasteiger partial charge in [-0.05, 0) is 59.4 Å². The SMILES string of the molecule is CN1C(=O)CC[C@]2(C)c3ccc(Sc4cccc5ccccc45)cc3CCC12. The Kier molecular flexibility index (Phi) is 4.24. The highest BCUT2D eigenvalue weighted by Gasteiger charge is 2.46. The number of fused-ring (bicyclic) bond motifs is 4. The van der Waals surface area contributed by atoms with Crippen molar-refractivity contribution < 1.29 is 4.79 Å². The van der Waals surface area contributed by atoms with Crippen molar-refractivity contribution in [1.29, 1.82) is 0 Å². The minimum absolute atomic E-state index is 0.0822. The van der Waals surface area contributed by atoms with E-state index in [1.165, 1.54) is 31.7 Å². The lowest BCUT2D eigenvalue weighted by atomic mass is 9.63. The highest BCUT2D eigenvalue weighted by atomic mass is 32.2. The Balaban J connectivity index is 1.50. The molecule has 5 rings (SSSR count). The van der Waals surface area contributed by atoms with Gasteiger partial charge in [0.2, 0.25) is 5.91 Å². The van der Waals surface area contributed by atoms with E-state index in [2.05, 4.69) is 67.6 Å². The van der Waals surface area contributed by atoms with Crippen molar-refractivity contribution in [3.05, 3.63) is 71.8 Å². The largest absolute Gasteiger partial charge is 0.342 e. The van der Waals surface area contributed by atoms with Crippen LogP contribution in [0, 0.1) is 0 Å². The zero-order chi connectivity index (χ0) is 19.3. The van der Waals surface area contributed by atoms with E-state index in [9.17, 15) is 4.79 Å². The number of hydrogen-bond donors (Lipinski definition) is 0. The van der Waals surface area contributed by atoms with E-state index < -0.39 is 0 Å². The van der Waals surface area contributed by atoms with Crippen LogP contribution < -0.4 is 0 Å². The first-order chi connectivity index (χ1) is 13.6. The summed E-state index contributed by atoms with van der Waals surface area (Å²) in [7, 11) is 1.99. The Labute approximate surface area is 170 Å². The lowest BCUT2D eigenvalue weighted by molar-refractivity contribution is -0.138. The van der Waals surface area contributed by atoms with E-state index in [-0.39, 0.29) is 5.41 Å². The van der Waals surface area contributed by atoms with Gasteiger partial charge in [0.1, 0.15) is 0 Å². The highest BCUT2D eigenvalue weighted by molar-refractivity contribution is 7.99. The van der Waals surface area contributed by atoms with E-state index in [1.807, 2.05) is 23.7 Å². The van der Waals surface area contributed by atoms with E-state index in [1.54, 1.807) is 0 Å². The van der Waals surface area contributed by atoms with Gasteiger partial charge in [-0.2, -0.15) is 0 Å². The second kappa shape index (κ2) is 6.66. The van der Waals surface area contributed by atoms with Crippen molar-refractivity contribution in [2.75, 3.05) is 7.05 Å². The number of benzene rings is 3. The number of carbonyl (C=O) groups is 1.